The van der Waals surface area contributed by atoms with Crippen LogP contribution < -0.4 is 10.2 Å². The first-order chi connectivity index (χ1) is 12.6. The average Bonchev–Trinajstić information content (AvgIpc) is 2.59. The molecule has 2 aromatic rings. The zero-order valence-electron chi connectivity index (χ0n) is 16.5. The molecule has 0 heterocycles. The standard InChI is InChI=1S/C22H26N2O3/c1-15(25)17-6-12-20(13-7-17)24(16(2)26)14-21(27)23-19-10-8-18(9-11-19)22(3,4)5/h6-13H,14H2,1-5H3,(H,23,27). The van der Waals surface area contributed by atoms with Gasteiger partial charge in [0.15, 0.2) is 5.78 Å². The summed E-state index contributed by atoms with van der Waals surface area (Å²) in [7, 11) is 0. The zero-order chi connectivity index (χ0) is 20.2. The van der Waals surface area contributed by atoms with Gasteiger partial charge in [-0.3, -0.25) is 14.4 Å². The Kier molecular flexibility index (Phi) is 6.16. The summed E-state index contributed by atoms with van der Waals surface area (Å²) in [5.41, 5.74) is 3.04. The molecule has 2 rings (SSSR count). The van der Waals surface area contributed by atoms with Crippen LogP contribution in [0.2, 0.25) is 0 Å². The van der Waals surface area contributed by atoms with Crippen LogP contribution in [0.4, 0.5) is 11.4 Å². The van der Waals surface area contributed by atoms with Crippen molar-refractivity contribution in [2.24, 2.45) is 0 Å². The van der Waals surface area contributed by atoms with Crippen molar-refractivity contribution < 1.29 is 14.4 Å². The van der Waals surface area contributed by atoms with Crippen molar-refractivity contribution in [3.8, 4) is 0 Å². The molecule has 0 aliphatic rings. The lowest BCUT2D eigenvalue weighted by atomic mass is 9.87. The highest BCUT2D eigenvalue weighted by Gasteiger charge is 2.17. The van der Waals surface area contributed by atoms with Crippen molar-refractivity contribution >= 4 is 29.0 Å². The van der Waals surface area contributed by atoms with Gasteiger partial charge < -0.3 is 10.2 Å². The highest BCUT2D eigenvalue weighted by atomic mass is 16.2. The van der Waals surface area contributed by atoms with Crippen LogP contribution >= 0.6 is 0 Å². The third-order valence-electron chi connectivity index (χ3n) is 4.30. The third kappa shape index (κ3) is 5.51. The number of carbonyl (C=O) groups excluding carboxylic acids is 3. The molecule has 0 saturated carbocycles. The number of hydrogen-bond donors (Lipinski definition) is 1. The molecule has 0 spiro atoms. The molecule has 0 bridgehead atoms. The predicted octanol–water partition coefficient (Wildman–Crippen LogP) is 4.18. The summed E-state index contributed by atoms with van der Waals surface area (Å²) < 4.78 is 0. The first-order valence-electron chi connectivity index (χ1n) is 8.87. The summed E-state index contributed by atoms with van der Waals surface area (Å²) in [4.78, 5) is 37.1. The van der Waals surface area contributed by atoms with Crippen LogP contribution in [-0.2, 0) is 15.0 Å². The lowest BCUT2D eigenvalue weighted by Gasteiger charge is -2.21. The first kappa shape index (κ1) is 20.4. The SMILES string of the molecule is CC(=O)c1ccc(N(CC(=O)Nc2ccc(C(C)(C)C)cc2)C(C)=O)cc1. The second-order valence-electron chi connectivity index (χ2n) is 7.58. The van der Waals surface area contributed by atoms with Gasteiger partial charge in [0.2, 0.25) is 11.8 Å². The minimum absolute atomic E-state index is 0.0417. The maximum Gasteiger partial charge on any atom is 0.244 e. The Morgan fingerprint density at radius 3 is 1.89 bits per heavy atom. The smallest absolute Gasteiger partial charge is 0.244 e. The Hall–Kier alpha value is -2.95. The second kappa shape index (κ2) is 8.16. The molecule has 0 radical (unpaired) electrons. The fraction of sp³-hybridized carbons (Fsp3) is 0.318. The minimum Gasteiger partial charge on any atom is -0.325 e. The van der Waals surface area contributed by atoms with Gasteiger partial charge in [-0.1, -0.05) is 32.9 Å². The molecule has 5 heteroatoms. The summed E-state index contributed by atoms with van der Waals surface area (Å²) in [5, 5.41) is 2.82. The lowest BCUT2D eigenvalue weighted by molar-refractivity contribution is -0.120. The molecule has 0 unspecified atom stereocenters. The van der Waals surface area contributed by atoms with Gasteiger partial charge >= 0.3 is 0 Å². The van der Waals surface area contributed by atoms with Crippen LogP contribution in [0.3, 0.4) is 0 Å². The molecule has 1 N–H and O–H groups in total. The summed E-state index contributed by atoms with van der Waals surface area (Å²) in [6, 6.07) is 14.3. The molecule has 0 aliphatic heterocycles. The molecule has 142 valence electrons. The monoisotopic (exact) mass is 366 g/mol. The fourth-order valence-electron chi connectivity index (χ4n) is 2.66. The minimum atomic E-state index is -0.288. The topological polar surface area (TPSA) is 66.5 Å². The molecule has 0 atom stereocenters. The van der Waals surface area contributed by atoms with Crippen LogP contribution in [-0.4, -0.2) is 24.1 Å². The summed E-state index contributed by atoms with van der Waals surface area (Å²) in [6.45, 7) is 9.17. The number of anilines is 2. The van der Waals surface area contributed by atoms with Crippen LogP contribution in [0.15, 0.2) is 48.5 Å². The van der Waals surface area contributed by atoms with Gasteiger partial charge in [0.25, 0.3) is 0 Å². The predicted molar refractivity (Wildman–Crippen MR) is 108 cm³/mol. The molecule has 0 fully saturated rings. The van der Waals surface area contributed by atoms with Crippen molar-refractivity contribution in [3.63, 3.8) is 0 Å². The molecule has 5 nitrogen and oxygen atoms in total. The summed E-state index contributed by atoms with van der Waals surface area (Å²) in [6.07, 6.45) is 0. The van der Waals surface area contributed by atoms with E-state index in [1.165, 1.54) is 24.3 Å². The van der Waals surface area contributed by atoms with E-state index in [9.17, 15) is 14.4 Å². The Morgan fingerprint density at radius 2 is 1.44 bits per heavy atom. The quantitative estimate of drug-likeness (QED) is 0.807. The van der Waals surface area contributed by atoms with Crippen LogP contribution in [0, 0.1) is 0 Å². The van der Waals surface area contributed by atoms with Gasteiger partial charge in [0.05, 0.1) is 0 Å². The third-order valence-corrected chi connectivity index (χ3v) is 4.30. The first-order valence-corrected chi connectivity index (χ1v) is 8.87. The summed E-state index contributed by atoms with van der Waals surface area (Å²) >= 11 is 0. The largest absolute Gasteiger partial charge is 0.325 e. The average molecular weight is 366 g/mol. The number of nitrogens with one attached hydrogen (secondary N) is 1. The molecular formula is C22H26N2O3. The van der Waals surface area contributed by atoms with Crippen LogP contribution in [0.25, 0.3) is 0 Å². The molecular weight excluding hydrogens is 340 g/mol. The summed E-state index contributed by atoms with van der Waals surface area (Å²) in [5.74, 6) is -0.583. The maximum absolute atomic E-state index is 12.4. The number of ketones is 1. The second-order valence-corrected chi connectivity index (χ2v) is 7.58. The van der Waals surface area contributed by atoms with Gasteiger partial charge in [0.1, 0.15) is 6.54 Å². The number of benzene rings is 2. The van der Waals surface area contributed by atoms with Gasteiger partial charge in [-0.25, -0.2) is 0 Å². The lowest BCUT2D eigenvalue weighted by Crippen LogP contribution is -2.36. The van der Waals surface area contributed by atoms with Gasteiger partial charge in [-0.05, 0) is 54.3 Å². The molecule has 2 aromatic carbocycles. The molecule has 0 aliphatic carbocycles. The van der Waals surface area contributed by atoms with E-state index in [2.05, 4.69) is 26.1 Å². The van der Waals surface area contributed by atoms with Gasteiger partial charge in [-0.15, -0.1) is 0 Å². The van der Waals surface area contributed by atoms with E-state index < -0.39 is 0 Å². The van der Waals surface area contributed by atoms with E-state index in [-0.39, 0.29) is 29.6 Å². The molecule has 0 saturated heterocycles. The van der Waals surface area contributed by atoms with Crippen molar-refractivity contribution in [2.75, 3.05) is 16.8 Å². The van der Waals surface area contributed by atoms with Crippen molar-refractivity contribution in [2.45, 2.75) is 40.0 Å². The van der Waals surface area contributed by atoms with E-state index in [0.29, 0.717) is 16.9 Å². The zero-order valence-corrected chi connectivity index (χ0v) is 16.5. The highest BCUT2D eigenvalue weighted by molar-refractivity contribution is 6.02. The number of nitrogens with zero attached hydrogens (tertiary/aromatic N) is 1. The van der Waals surface area contributed by atoms with Crippen LogP contribution in [0.5, 0.6) is 0 Å². The number of carbonyl (C=O) groups is 3. The molecule has 0 aromatic heterocycles. The Balaban J connectivity index is 2.08. The Morgan fingerprint density at radius 1 is 0.889 bits per heavy atom. The fourth-order valence-corrected chi connectivity index (χ4v) is 2.66. The number of amides is 2. The number of hydrogen-bond acceptors (Lipinski definition) is 3. The Labute approximate surface area is 160 Å². The highest BCUT2D eigenvalue weighted by Crippen LogP contribution is 2.23. The van der Waals surface area contributed by atoms with Crippen molar-refractivity contribution in [1.29, 1.82) is 0 Å². The maximum atomic E-state index is 12.4. The van der Waals surface area contributed by atoms with E-state index in [0.717, 1.165) is 0 Å². The van der Waals surface area contributed by atoms with Crippen LogP contribution in [0.1, 0.15) is 50.5 Å². The number of Topliss-reactive ketones (excluding diaryl/α,β-unsaturated/α-hetero) is 1. The van der Waals surface area contributed by atoms with E-state index in [4.69, 9.17) is 0 Å². The van der Waals surface area contributed by atoms with E-state index >= 15 is 0 Å². The van der Waals surface area contributed by atoms with E-state index in [1.807, 2.05) is 24.3 Å². The van der Waals surface area contributed by atoms with Gasteiger partial charge in [-0.2, -0.15) is 0 Å². The van der Waals surface area contributed by atoms with Crippen molar-refractivity contribution in [3.05, 3.63) is 59.7 Å². The normalized spacial score (nSPS) is 11.0. The molecule has 27 heavy (non-hydrogen) atoms. The Bertz CT molecular complexity index is 831. The van der Waals surface area contributed by atoms with Crippen molar-refractivity contribution in [1.82, 2.24) is 0 Å². The van der Waals surface area contributed by atoms with E-state index in [1.54, 1.807) is 24.3 Å². The van der Waals surface area contributed by atoms with Gasteiger partial charge in [0, 0.05) is 23.9 Å². The number of rotatable bonds is 5. The molecule has 2 amide bonds.